The zero-order valence-corrected chi connectivity index (χ0v) is 17.3. The second-order valence-corrected chi connectivity index (χ2v) is 7.65. The number of rotatable bonds is 8. The Balaban J connectivity index is 1.36. The van der Waals surface area contributed by atoms with Gasteiger partial charge in [0.1, 0.15) is 11.6 Å². The number of nitrogens with zero attached hydrogens (tertiary/aromatic N) is 4. The summed E-state index contributed by atoms with van der Waals surface area (Å²) in [5.74, 6) is 1.31. The van der Waals surface area contributed by atoms with Gasteiger partial charge in [-0.25, -0.2) is 4.98 Å². The molecule has 2 aromatic heterocycles. The molecule has 1 unspecified atom stereocenters. The SMILES string of the molecule is CC(C)n1cc(-n2ccnc2-c2ccc(OCC(=O)NCC3CCCO3)cc2)cn1. The van der Waals surface area contributed by atoms with Crippen molar-refractivity contribution in [2.75, 3.05) is 19.8 Å². The summed E-state index contributed by atoms with van der Waals surface area (Å²) < 4.78 is 15.0. The number of carbonyl (C=O) groups excluding carboxylic acids is 1. The maximum atomic E-state index is 12.0. The molecule has 0 radical (unpaired) electrons. The number of carbonyl (C=O) groups is 1. The molecule has 1 aromatic carbocycles. The van der Waals surface area contributed by atoms with Crippen LogP contribution < -0.4 is 10.1 Å². The van der Waals surface area contributed by atoms with Crippen LogP contribution in [-0.2, 0) is 9.53 Å². The molecule has 3 heterocycles. The van der Waals surface area contributed by atoms with Gasteiger partial charge in [0.25, 0.3) is 5.91 Å². The summed E-state index contributed by atoms with van der Waals surface area (Å²) in [6.45, 7) is 5.48. The molecule has 1 fully saturated rings. The van der Waals surface area contributed by atoms with E-state index in [1.54, 1.807) is 6.20 Å². The minimum atomic E-state index is -0.146. The van der Waals surface area contributed by atoms with Crippen LogP contribution in [0.5, 0.6) is 5.75 Å². The van der Waals surface area contributed by atoms with Crippen molar-refractivity contribution >= 4 is 5.91 Å². The Hall–Kier alpha value is -3.13. The molecule has 1 saturated heterocycles. The standard InChI is InChI=1S/C22H27N5O3/c1-16(2)27-14-18(12-25-27)26-10-9-23-22(26)17-5-7-19(8-6-17)30-15-21(28)24-13-20-4-3-11-29-20/h5-10,12,14,16,20H,3-4,11,13,15H2,1-2H3,(H,24,28). The summed E-state index contributed by atoms with van der Waals surface area (Å²) in [5.41, 5.74) is 1.91. The Kier molecular flexibility index (Phi) is 6.13. The first-order valence-electron chi connectivity index (χ1n) is 10.3. The molecule has 1 aliphatic heterocycles. The average molecular weight is 409 g/mol. The van der Waals surface area contributed by atoms with E-state index in [4.69, 9.17) is 9.47 Å². The van der Waals surface area contributed by atoms with Crippen LogP contribution in [0.1, 0.15) is 32.7 Å². The molecule has 158 valence electrons. The Labute approximate surface area is 175 Å². The highest BCUT2D eigenvalue weighted by Gasteiger charge is 2.16. The number of aromatic nitrogens is 4. The third-order valence-electron chi connectivity index (χ3n) is 5.07. The topological polar surface area (TPSA) is 83.2 Å². The first-order chi connectivity index (χ1) is 14.6. The zero-order valence-electron chi connectivity index (χ0n) is 17.3. The van der Waals surface area contributed by atoms with Gasteiger partial charge in [-0.1, -0.05) is 0 Å². The van der Waals surface area contributed by atoms with Gasteiger partial charge in [-0.05, 0) is 51.0 Å². The lowest BCUT2D eigenvalue weighted by Crippen LogP contribution is -2.35. The molecule has 0 bridgehead atoms. The summed E-state index contributed by atoms with van der Waals surface area (Å²) in [6.07, 6.45) is 9.70. The van der Waals surface area contributed by atoms with Crippen molar-refractivity contribution in [2.24, 2.45) is 0 Å². The van der Waals surface area contributed by atoms with Crippen molar-refractivity contribution in [3.63, 3.8) is 0 Å². The van der Waals surface area contributed by atoms with Crippen LogP contribution in [0.15, 0.2) is 49.1 Å². The van der Waals surface area contributed by atoms with E-state index in [0.717, 1.165) is 36.5 Å². The molecule has 8 nitrogen and oxygen atoms in total. The van der Waals surface area contributed by atoms with Gasteiger partial charge in [-0.3, -0.25) is 14.0 Å². The third-order valence-corrected chi connectivity index (χ3v) is 5.07. The third kappa shape index (κ3) is 4.71. The highest BCUT2D eigenvalue weighted by atomic mass is 16.5. The van der Waals surface area contributed by atoms with E-state index in [1.807, 2.05) is 52.1 Å². The Bertz CT molecular complexity index is 971. The van der Waals surface area contributed by atoms with Crippen molar-refractivity contribution in [1.82, 2.24) is 24.6 Å². The minimum absolute atomic E-state index is 0.0188. The summed E-state index contributed by atoms with van der Waals surface area (Å²) >= 11 is 0. The van der Waals surface area contributed by atoms with Crippen molar-refractivity contribution in [1.29, 1.82) is 0 Å². The number of benzene rings is 1. The molecule has 1 N–H and O–H groups in total. The monoisotopic (exact) mass is 409 g/mol. The Morgan fingerprint density at radius 3 is 2.87 bits per heavy atom. The highest BCUT2D eigenvalue weighted by molar-refractivity contribution is 5.77. The van der Waals surface area contributed by atoms with Crippen molar-refractivity contribution in [2.45, 2.75) is 38.8 Å². The lowest BCUT2D eigenvalue weighted by atomic mass is 10.2. The predicted octanol–water partition coefficient (Wildman–Crippen LogP) is 2.99. The fourth-order valence-corrected chi connectivity index (χ4v) is 3.39. The van der Waals surface area contributed by atoms with Crippen molar-refractivity contribution in [3.8, 4) is 22.8 Å². The molecule has 30 heavy (non-hydrogen) atoms. The van der Waals surface area contributed by atoms with E-state index in [0.29, 0.717) is 18.3 Å². The van der Waals surface area contributed by atoms with Crippen LogP contribution in [0, 0.1) is 0 Å². The van der Waals surface area contributed by atoms with Gasteiger partial charge < -0.3 is 14.8 Å². The number of hydrogen-bond acceptors (Lipinski definition) is 5. The average Bonchev–Trinajstić information content (AvgIpc) is 3.52. The maximum Gasteiger partial charge on any atom is 0.258 e. The van der Waals surface area contributed by atoms with Crippen LogP contribution in [-0.4, -0.2) is 51.1 Å². The van der Waals surface area contributed by atoms with Crippen molar-refractivity contribution < 1.29 is 14.3 Å². The lowest BCUT2D eigenvalue weighted by Gasteiger charge is -2.11. The normalized spacial score (nSPS) is 16.2. The van der Waals surface area contributed by atoms with E-state index in [-0.39, 0.29) is 18.6 Å². The van der Waals surface area contributed by atoms with Gasteiger partial charge in [-0.2, -0.15) is 5.10 Å². The molecule has 1 amide bonds. The fourth-order valence-electron chi connectivity index (χ4n) is 3.39. The van der Waals surface area contributed by atoms with Gasteiger partial charge in [0.15, 0.2) is 6.61 Å². The largest absolute Gasteiger partial charge is 0.484 e. The smallest absolute Gasteiger partial charge is 0.258 e. The highest BCUT2D eigenvalue weighted by Crippen LogP contribution is 2.24. The number of amides is 1. The summed E-state index contributed by atoms with van der Waals surface area (Å²) in [5, 5.41) is 7.26. The first-order valence-corrected chi connectivity index (χ1v) is 10.3. The molecule has 3 aromatic rings. The van der Waals surface area contributed by atoms with Gasteiger partial charge >= 0.3 is 0 Å². The van der Waals surface area contributed by atoms with Crippen molar-refractivity contribution in [3.05, 3.63) is 49.1 Å². The van der Waals surface area contributed by atoms with Gasteiger partial charge in [-0.15, -0.1) is 0 Å². The van der Waals surface area contributed by atoms with E-state index in [2.05, 4.69) is 29.2 Å². The van der Waals surface area contributed by atoms with Crippen LogP contribution in [0.4, 0.5) is 0 Å². The molecule has 0 spiro atoms. The maximum absolute atomic E-state index is 12.0. The molecule has 1 aliphatic rings. The number of nitrogens with one attached hydrogen (secondary N) is 1. The molecule has 0 aliphatic carbocycles. The van der Waals surface area contributed by atoms with Crippen LogP contribution in [0.3, 0.4) is 0 Å². The number of hydrogen-bond donors (Lipinski definition) is 1. The van der Waals surface area contributed by atoms with Gasteiger partial charge in [0.05, 0.1) is 18.0 Å². The fraction of sp³-hybridized carbons (Fsp3) is 0.409. The number of imidazole rings is 1. The molecular formula is C22H27N5O3. The summed E-state index contributed by atoms with van der Waals surface area (Å²) in [4.78, 5) is 16.5. The second-order valence-electron chi connectivity index (χ2n) is 7.65. The van der Waals surface area contributed by atoms with E-state index in [9.17, 15) is 4.79 Å². The number of ether oxygens (including phenoxy) is 2. The van der Waals surface area contributed by atoms with E-state index >= 15 is 0 Å². The predicted molar refractivity (Wildman–Crippen MR) is 113 cm³/mol. The van der Waals surface area contributed by atoms with Gasteiger partial charge in [0.2, 0.25) is 0 Å². The Morgan fingerprint density at radius 1 is 1.33 bits per heavy atom. The van der Waals surface area contributed by atoms with Crippen LogP contribution in [0.25, 0.3) is 17.1 Å². The molecule has 4 rings (SSSR count). The van der Waals surface area contributed by atoms with Crippen LogP contribution in [0.2, 0.25) is 0 Å². The minimum Gasteiger partial charge on any atom is -0.484 e. The van der Waals surface area contributed by atoms with E-state index in [1.165, 1.54) is 0 Å². The second kappa shape index (κ2) is 9.13. The molecule has 1 atom stereocenters. The summed E-state index contributed by atoms with van der Waals surface area (Å²) in [7, 11) is 0. The Morgan fingerprint density at radius 2 is 2.17 bits per heavy atom. The molecular weight excluding hydrogens is 382 g/mol. The first kappa shape index (κ1) is 20.2. The zero-order chi connectivity index (χ0) is 20.9. The summed E-state index contributed by atoms with van der Waals surface area (Å²) in [6, 6.07) is 7.86. The quantitative estimate of drug-likeness (QED) is 0.618. The van der Waals surface area contributed by atoms with E-state index < -0.39 is 0 Å². The van der Waals surface area contributed by atoms with Gasteiger partial charge in [0, 0.05) is 43.3 Å². The lowest BCUT2D eigenvalue weighted by molar-refractivity contribution is -0.123. The molecule has 8 heteroatoms. The van der Waals surface area contributed by atoms with Crippen LogP contribution >= 0.6 is 0 Å². The molecule has 0 saturated carbocycles.